The van der Waals surface area contributed by atoms with Gasteiger partial charge in [-0.25, -0.2) is 4.79 Å². The molecule has 2 N–H and O–H groups in total. The van der Waals surface area contributed by atoms with Gasteiger partial charge in [-0.05, 0) is 20.8 Å². The molecule has 0 spiro atoms. The van der Waals surface area contributed by atoms with E-state index in [0.29, 0.717) is 0 Å². The Hall–Kier alpha value is -1.21. The predicted molar refractivity (Wildman–Crippen MR) is 53.7 cm³/mol. The van der Waals surface area contributed by atoms with Crippen LogP contribution in [0.4, 0.5) is 4.79 Å². The molecule has 0 saturated carbocycles. The fraction of sp³-hybridized carbons (Fsp3) is 0.700. The third kappa shape index (κ3) is 6.32. The molecule has 0 aromatic carbocycles. The number of aliphatic hydroxyl groups excluding tert-OH is 1. The minimum atomic E-state index is -0.623. The van der Waals surface area contributed by atoms with Crippen LogP contribution in [0.1, 0.15) is 27.2 Å². The Labute approximate surface area is 84.6 Å². The Morgan fingerprint density at radius 1 is 1.64 bits per heavy atom. The highest BCUT2D eigenvalue weighted by Gasteiger charge is 2.17. The molecule has 4 nitrogen and oxygen atoms in total. The van der Waals surface area contributed by atoms with Gasteiger partial charge in [-0.15, -0.1) is 12.3 Å². The van der Waals surface area contributed by atoms with E-state index < -0.39 is 12.2 Å². The lowest BCUT2D eigenvalue weighted by Crippen LogP contribution is -2.42. The van der Waals surface area contributed by atoms with Gasteiger partial charge in [0.2, 0.25) is 0 Å². The van der Waals surface area contributed by atoms with E-state index in [2.05, 4.69) is 11.2 Å². The quantitative estimate of drug-likeness (QED) is 0.664. The Morgan fingerprint density at radius 3 is 2.57 bits per heavy atom. The number of terminal acetylenes is 1. The average Bonchev–Trinajstić information content (AvgIpc) is 2.00. The highest BCUT2D eigenvalue weighted by molar-refractivity contribution is 5.68. The lowest BCUT2D eigenvalue weighted by atomic mass is 10.1. The van der Waals surface area contributed by atoms with E-state index in [1.807, 2.05) is 20.8 Å². The molecule has 0 aromatic heterocycles. The summed E-state index contributed by atoms with van der Waals surface area (Å²) in [5.41, 5.74) is -0.354. The number of nitrogens with one attached hydrogen (secondary N) is 1. The molecule has 0 radical (unpaired) electrons. The molecule has 1 atom stereocenters. The standard InChI is InChI=1S/C10H17NO3/c1-5-6-8(7-12)14-9(13)11-10(2,3)4/h1,8,12H,6-7H2,2-4H3,(H,11,13)/t8-/m0/s1. The van der Waals surface area contributed by atoms with Gasteiger partial charge in [0.15, 0.2) is 0 Å². The number of hydrogen-bond acceptors (Lipinski definition) is 3. The van der Waals surface area contributed by atoms with Crippen LogP contribution >= 0.6 is 0 Å². The van der Waals surface area contributed by atoms with Crippen LogP contribution in [0.25, 0.3) is 0 Å². The fourth-order valence-electron chi connectivity index (χ4n) is 0.762. The van der Waals surface area contributed by atoms with Crippen molar-refractivity contribution < 1.29 is 14.6 Å². The number of aliphatic hydroxyl groups is 1. The van der Waals surface area contributed by atoms with Crippen molar-refractivity contribution in [2.75, 3.05) is 6.61 Å². The summed E-state index contributed by atoms with van der Waals surface area (Å²) in [7, 11) is 0. The molecule has 0 heterocycles. The van der Waals surface area contributed by atoms with Crippen molar-refractivity contribution in [3.63, 3.8) is 0 Å². The van der Waals surface area contributed by atoms with E-state index in [-0.39, 0.29) is 18.6 Å². The van der Waals surface area contributed by atoms with Crippen molar-refractivity contribution in [1.82, 2.24) is 5.32 Å². The van der Waals surface area contributed by atoms with Gasteiger partial charge in [0, 0.05) is 12.0 Å². The Morgan fingerprint density at radius 2 is 2.21 bits per heavy atom. The first-order valence-corrected chi connectivity index (χ1v) is 4.42. The summed E-state index contributed by atoms with van der Waals surface area (Å²) in [5, 5.41) is 11.4. The number of alkyl carbamates (subject to hydrolysis) is 1. The lowest BCUT2D eigenvalue weighted by Gasteiger charge is -2.22. The number of hydrogen-bond donors (Lipinski definition) is 2. The van der Waals surface area contributed by atoms with E-state index in [9.17, 15) is 4.79 Å². The summed E-state index contributed by atoms with van der Waals surface area (Å²) in [6, 6.07) is 0. The van der Waals surface area contributed by atoms with Crippen LogP contribution in [0.5, 0.6) is 0 Å². The van der Waals surface area contributed by atoms with Crippen molar-refractivity contribution in [2.45, 2.75) is 38.8 Å². The van der Waals surface area contributed by atoms with Gasteiger partial charge in [0.05, 0.1) is 6.61 Å². The minimum Gasteiger partial charge on any atom is -0.443 e. The van der Waals surface area contributed by atoms with Crippen LogP contribution in [-0.2, 0) is 4.74 Å². The number of ether oxygens (including phenoxy) is 1. The first kappa shape index (κ1) is 12.8. The first-order valence-electron chi connectivity index (χ1n) is 4.42. The highest BCUT2D eigenvalue weighted by Crippen LogP contribution is 2.02. The smallest absolute Gasteiger partial charge is 0.407 e. The molecule has 0 unspecified atom stereocenters. The summed E-state index contributed by atoms with van der Waals surface area (Å²) in [5.74, 6) is 2.32. The van der Waals surface area contributed by atoms with E-state index in [1.165, 1.54) is 0 Å². The summed E-state index contributed by atoms with van der Waals surface area (Å²) in [4.78, 5) is 11.2. The van der Waals surface area contributed by atoms with E-state index in [0.717, 1.165) is 0 Å². The molecule has 4 heteroatoms. The van der Waals surface area contributed by atoms with Crippen molar-refractivity contribution in [2.24, 2.45) is 0 Å². The molecule has 14 heavy (non-hydrogen) atoms. The van der Waals surface area contributed by atoms with Crippen molar-refractivity contribution in [1.29, 1.82) is 0 Å². The molecule has 0 bridgehead atoms. The maximum absolute atomic E-state index is 11.2. The van der Waals surface area contributed by atoms with Gasteiger partial charge in [-0.2, -0.15) is 0 Å². The molecule has 0 aromatic rings. The van der Waals surface area contributed by atoms with Crippen LogP contribution in [0.15, 0.2) is 0 Å². The van der Waals surface area contributed by atoms with Gasteiger partial charge in [0.25, 0.3) is 0 Å². The van der Waals surface area contributed by atoms with Gasteiger partial charge in [-0.3, -0.25) is 0 Å². The van der Waals surface area contributed by atoms with Crippen molar-refractivity contribution >= 4 is 6.09 Å². The molecule has 0 rings (SSSR count). The molecule has 0 fully saturated rings. The average molecular weight is 199 g/mol. The van der Waals surface area contributed by atoms with E-state index in [1.54, 1.807) is 0 Å². The van der Waals surface area contributed by atoms with E-state index in [4.69, 9.17) is 16.3 Å². The third-order valence-corrected chi connectivity index (χ3v) is 1.30. The first-order chi connectivity index (χ1) is 6.39. The van der Waals surface area contributed by atoms with Crippen molar-refractivity contribution in [3.05, 3.63) is 0 Å². The monoisotopic (exact) mass is 199 g/mol. The van der Waals surface area contributed by atoms with Crippen LogP contribution in [0.3, 0.4) is 0 Å². The Balaban J connectivity index is 3.98. The third-order valence-electron chi connectivity index (χ3n) is 1.30. The van der Waals surface area contributed by atoms with Crippen LogP contribution in [-0.4, -0.2) is 29.4 Å². The van der Waals surface area contributed by atoms with E-state index >= 15 is 0 Å². The maximum Gasteiger partial charge on any atom is 0.407 e. The topological polar surface area (TPSA) is 58.6 Å². The molecule has 0 aliphatic heterocycles. The Bertz CT molecular complexity index is 225. The summed E-state index contributed by atoms with van der Waals surface area (Å²) >= 11 is 0. The number of carbonyl (C=O) groups is 1. The SMILES string of the molecule is C#CC[C@@H](CO)OC(=O)NC(C)(C)C. The molecule has 0 aliphatic carbocycles. The van der Waals surface area contributed by atoms with Crippen LogP contribution < -0.4 is 5.32 Å². The van der Waals surface area contributed by atoms with Crippen LogP contribution in [0, 0.1) is 12.3 Å². The molecule has 80 valence electrons. The molecule has 1 amide bonds. The second-order valence-corrected chi connectivity index (χ2v) is 3.99. The molecule has 0 saturated heterocycles. The predicted octanol–water partition coefficient (Wildman–Crippen LogP) is 0.895. The van der Waals surface area contributed by atoms with Gasteiger partial charge in [0.1, 0.15) is 6.10 Å². The largest absolute Gasteiger partial charge is 0.443 e. The summed E-state index contributed by atoms with van der Waals surface area (Å²) in [6.45, 7) is 5.25. The van der Waals surface area contributed by atoms with Gasteiger partial charge in [-0.1, -0.05) is 0 Å². The maximum atomic E-state index is 11.2. The normalized spacial score (nSPS) is 12.8. The van der Waals surface area contributed by atoms with Gasteiger partial charge >= 0.3 is 6.09 Å². The number of rotatable bonds is 3. The van der Waals surface area contributed by atoms with Crippen molar-refractivity contribution in [3.8, 4) is 12.3 Å². The van der Waals surface area contributed by atoms with Gasteiger partial charge < -0.3 is 15.2 Å². The second-order valence-electron chi connectivity index (χ2n) is 3.99. The minimum absolute atomic E-state index is 0.216. The number of amides is 1. The zero-order valence-electron chi connectivity index (χ0n) is 8.83. The fourth-order valence-corrected chi connectivity index (χ4v) is 0.762. The lowest BCUT2D eigenvalue weighted by molar-refractivity contribution is 0.0564. The second kappa shape index (κ2) is 5.51. The zero-order valence-corrected chi connectivity index (χ0v) is 8.83. The summed E-state index contributed by atoms with van der Waals surface area (Å²) < 4.78 is 4.87. The molecular weight excluding hydrogens is 182 g/mol. The molecule has 0 aliphatic rings. The van der Waals surface area contributed by atoms with Crippen LogP contribution in [0.2, 0.25) is 0 Å². The highest BCUT2D eigenvalue weighted by atomic mass is 16.6. The summed E-state index contributed by atoms with van der Waals surface area (Å²) in [6.07, 6.45) is 4.07. The Kier molecular flexibility index (Phi) is 5.03. The number of carbonyl (C=O) groups excluding carboxylic acids is 1. The molecular formula is C10H17NO3. The zero-order chi connectivity index (χ0) is 11.2.